The zero-order chi connectivity index (χ0) is 7.61. The van der Waals surface area contributed by atoms with Crippen LogP contribution in [-0.4, -0.2) is 12.6 Å². The van der Waals surface area contributed by atoms with Gasteiger partial charge in [0.1, 0.15) is 0 Å². The minimum Gasteiger partial charge on any atom is -0.313 e. The van der Waals surface area contributed by atoms with Gasteiger partial charge in [-0.2, -0.15) is 0 Å². The SMILES string of the molecule is CC(C)(C)C1CCCCN1. The molecule has 0 aromatic carbocycles. The Morgan fingerprint density at radius 2 is 1.90 bits per heavy atom. The van der Waals surface area contributed by atoms with Crippen molar-refractivity contribution in [2.75, 3.05) is 6.54 Å². The van der Waals surface area contributed by atoms with Crippen molar-refractivity contribution in [1.29, 1.82) is 0 Å². The maximum Gasteiger partial charge on any atom is 0.0116 e. The van der Waals surface area contributed by atoms with E-state index in [4.69, 9.17) is 0 Å². The fraction of sp³-hybridized carbons (Fsp3) is 1.00. The fourth-order valence-electron chi connectivity index (χ4n) is 1.59. The average molecular weight is 141 g/mol. The van der Waals surface area contributed by atoms with E-state index in [1.54, 1.807) is 0 Å². The van der Waals surface area contributed by atoms with Crippen LogP contribution in [0.2, 0.25) is 0 Å². The summed E-state index contributed by atoms with van der Waals surface area (Å²) < 4.78 is 0. The molecule has 1 aliphatic heterocycles. The van der Waals surface area contributed by atoms with Crippen molar-refractivity contribution < 1.29 is 0 Å². The second kappa shape index (κ2) is 2.91. The monoisotopic (exact) mass is 141 g/mol. The highest BCUT2D eigenvalue weighted by molar-refractivity contribution is 4.82. The molecule has 0 amide bonds. The Morgan fingerprint density at radius 3 is 2.20 bits per heavy atom. The molecule has 0 aliphatic carbocycles. The van der Waals surface area contributed by atoms with E-state index in [1.807, 2.05) is 0 Å². The number of piperidine rings is 1. The summed E-state index contributed by atoms with van der Waals surface area (Å²) in [4.78, 5) is 0. The van der Waals surface area contributed by atoms with Gasteiger partial charge in [0.2, 0.25) is 0 Å². The average Bonchev–Trinajstić information content (AvgIpc) is 1.88. The highest BCUT2D eigenvalue weighted by atomic mass is 14.9. The lowest BCUT2D eigenvalue weighted by atomic mass is 9.82. The van der Waals surface area contributed by atoms with Crippen LogP contribution in [0, 0.1) is 5.41 Å². The third kappa shape index (κ3) is 1.98. The van der Waals surface area contributed by atoms with Gasteiger partial charge in [-0.05, 0) is 24.8 Å². The summed E-state index contributed by atoms with van der Waals surface area (Å²) in [5.41, 5.74) is 0.459. The van der Waals surface area contributed by atoms with E-state index in [9.17, 15) is 0 Å². The van der Waals surface area contributed by atoms with E-state index in [2.05, 4.69) is 26.1 Å². The second-order valence-electron chi connectivity index (χ2n) is 4.37. The summed E-state index contributed by atoms with van der Waals surface area (Å²) in [5.74, 6) is 0. The predicted octanol–water partition coefficient (Wildman–Crippen LogP) is 2.17. The van der Waals surface area contributed by atoms with E-state index < -0.39 is 0 Å². The Hall–Kier alpha value is -0.0400. The molecule has 1 rings (SSSR count). The summed E-state index contributed by atoms with van der Waals surface area (Å²) in [6.45, 7) is 8.17. The van der Waals surface area contributed by atoms with Gasteiger partial charge in [0.15, 0.2) is 0 Å². The Labute approximate surface area is 64.2 Å². The van der Waals surface area contributed by atoms with Gasteiger partial charge in [0.05, 0.1) is 0 Å². The molecule has 0 bridgehead atoms. The van der Waals surface area contributed by atoms with Crippen molar-refractivity contribution in [1.82, 2.24) is 5.32 Å². The van der Waals surface area contributed by atoms with Crippen molar-refractivity contribution in [2.45, 2.75) is 46.1 Å². The predicted molar refractivity (Wildman–Crippen MR) is 45.1 cm³/mol. The summed E-state index contributed by atoms with van der Waals surface area (Å²) in [5, 5.41) is 3.56. The molecule has 0 radical (unpaired) electrons. The smallest absolute Gasteiger partial charge is 0.0116 e. The first-order chi connectivity index (χ1) is 4.61. The second-order valence-corrected chi connectivity index (χ2v) is 4.37. The molecule has 1 heteroatoms. The van der Waals surface area contributed by atoms with Gasteiger partial charge in [-0.1, -0.05) is 27.2 Å². The Balaban J connectivity index is 2.39. The number of rotatable bonds is 0. The zero-order valence-corrected chi connectivity index (χ0v) is 7.41. The van der Waals surface area contributed by atoms with Crippen LogP contribution in [0.15, 0.2) is 0 Å². The van der Waals surface area contributed by atoms with E-state index >= 15 is 0 Å². The van der Waals surface area contributed by atoms with Gasteiger partial charge in [-0.25, -0.2) is 0 Å². The van der Waals surface area contributed by atoms with Crippen LogP contribution >= 0.6 is 0 Å². The molecule has 0 saturated carbocycles. The summed E-state index contributed by atoms with van der Waals surface area (Å²) in [7, 11) is 0. The summed E-state index contributed by atoms with van der Waals surface area (Å²) in [6, 6.07) is 0.751. The number of nitrogens with one attached hydrogen (secondary N) is 1. The molecule has 0 aromatic heterocycles. The maximum atomic E-state index is 3.56. The Morgan fingerprint density at radius 1 is 1.20 bits per heavy atom. The van der Waals surface area contributed by atoms with Crippen molar-refractivity contribution in [3.63, 3.8) is 0 Å². The van der Waals surface area contributed by atoms with Gasteiger partial charge in [-0.3, -0.25) is 0 Å². The third-order valence-electron chi connectivity index (χ3n) is 2.36. The molecule has 1 heterocycles. The Bertz CT molecular complexity index is 95.8. The third-order valence-corrected chi connectivity index (χ3v) is 2.36. The first-order valence-electron chi connectivity index (χ1n) is 4.34. The van der Waals surface area contributed by atoms with Crippen molar-refractivity contribution in [2.24, 2.45) is 5.41 Å². The summed E-state index contributed by atoms with van der Waals surface area (Å²) in [6.07, 6.45) is 4.14. The molecule has 0 spiro atoms. The highest BCUT2D eigenvalue weighted by Crippen LogP contribution is 2.25. The van der Waals surface area contributed by atoms with Crippen LogP contribution < -0.4 is 5.32 Å². The van der Waals surface area contributed by atoms with Gasteiger partial charge in [0.25, 0.3) is 0 Å². The molecular weight excluding hydrogens is 122 g/mol. The lowest BCUT2D eigenvalue weighted by molar-refractivity contribution is 0.226. The lowest BCUT2D eigenvalue weighted by Gasteiger charge is -2.34. The number of hydrogen-bond donors (Lipinski definition) is 1. The minimum atomic E-state index is 0.459. The summed E-state index contributed by atoms with van der Waals surface area (Å²) >= 11 is 0. The molecule has 1 saturated heterocycles. The van der Waals surface area contributed by atoms with Crippen LogP contribution in [0.3, 0.4) is 0 Å². The minimum absolute atomic E-state index is 0.459. The molecule has 1 unspecified atom stereocenters. The van der Waals surface area contributed by atoms with E-state index in [0.29, 0.717) is 5.41 Å². The van der Waals surface area contributed by atoms with E-state index in [1.165, 1.54) is 25.8 Å². The zero-order valence-electron chi connectivity index (χ0n) is 7.41. The molecule has 1 fully saturated rings. The van der Waals surface area contributed by atoms with Gasteiger partial charge < -0.3 is 5.32 Å². The molecule has 1 nitrogen and oxygen atoms in total. The van der Waals surface area contributed by atoms with Gasteiger partial charge in [-0.15, -0.1) is 0 Å². The van der Waals surface area contributed by atoms with Crippen LogP contribution in [0.25, 0.3) is 0 Å². The fourth-order valence-corrected chi connectivity index (χ4v) is 1.59. The van der Waals surface area contributed by atoms with Crippen LogP contribution in [-0.2, 0) is 0 Å². The van der Waals surface area contributed by atoms with Gasteiger partial charge in [0, 0.05) is 6.04 Å². The molecular formula is C9H19N. The normalized spacial score (nSPS) is 28.5. The van der Waals surface area contributed by atoms with Crippen molar-refractivity contribution >= 4 is 0 Å². The molecule has 10 heavy (non-hydrogen) atoms. The first-order valence-corrected chi connectivity index (χ1v) is 4.34. The maximum absolute atomic E-state index is 3.56. The van der Waals surface area contributed by atoms with Crippen LogP contribution in [0.4, 0.5) is 0 Å². The highest BCUT2D eigenvalue weighted by Gasteiger charge is 2.25. The largest absolute Gasteiger partial charge is 0.313 e. The standard InChI is InChI=1S/C9H19N/c1-9(2,3)8-6-4-5-7-10-8/h8,10H,4-7H2,1-3H3. The van der Waals surface area contributed by atoms with Gasteiger partial charge >= 0.3 is 0 Å². The van der Waals surface area contributed by atoms with Crippen LogP contribution in [0.1, 0.15) is 40.0 Å². The molecule has 0 aromatic rings. The molecule has 1 N–H and O–H groups in total. The lowest BCUT2D eigenvalue weighted by Crippen LogP contribution is -2.43. The molecule has 1 atom stereocenters. The quantitative estimate of drug-likeness (QED) is 0.545. The van der Waals surface area contributed by atoms with Crippen molar-refractivity contribution in [3.05, 3.63) is 0 Å². The van der Waals surface area contributed by atoms with E-state index in [0.717, 1.165) is 6.04 Å². The Kier molecular flexibility index (Phi) is 2.35. The van der Waals surface area contributed by atoms with Crippen LogP contribution in [0.5, 0.6) is 0 Å². The van der Waals surface area contributed by atoms with Crippen molar-refractivity contribution in [3.8, 4) is 0 Å². The first kappa shape index (κ1) is 8.06. The topological polar surface area (TPSA) is 12.0 Å². The van der Waals surface area contributed by atoms with E-state index in [-0.39, 0.29) is 0 Å². The molecule has 60 valence electrons. The number of hydrogen-bond acceptors (Lipinski definition) is 1. The molecule has 1 aliphatic rings.